The standard InChI is InChI=1S/C27H25FN2O6S/c1-2-13-33-21-9-5-19(6-10-21)25-30-27(26(36-25)29-17-18-3-7-20(28)8-4-18)37(31,32)22-11-12-23-24(16-22)35-15-14-34-23/h3-12,16,29H,2,13-15,17H2,1H3. The van der Waals surface area contributed by atoms with Gasteiger partial charge in [0.2, 0.25) is 26.6 Å². The van der Waals surface area contributed by atoms with Crippen molar-refractivity contribution in [1.82, 2.24) is 4.98 Å². The fraction of sp³-hybridized carbons (Fsp3) is 0.222. The molecule has 0 bridgehead atoms. The van der Waals surface area contributed by atoms with Crippen LogP contribution in [0.3, 0.4) is 0 Å². The summed E-state index contributed by atoms with van der Waals surface area (Å²) in [6.07, 6.45) is 0.881. The van der Waals surface area contributed by atoms with Gasteiger partial charge in [-0.2, -0.15) is 4.98 Å². The molecular formula is C27H25FN2O6S. The third-order valence-electron chi connectivity index (χ3n) is 5.62. The zero-order valence-electron chi connectivity index (χ0n) is 20.1. The van der Waals surface area contributed by atoms with Crippen molar-refractivity contribution < 1.29 is 31.4 Å². The number of fused-ring (bicyclic) bond motifs is 1. The van der Waals surface area contributed by atoms with Crippen LogP contribution in [-0.4, -0.2) is 33.2 Å². The van der Waals surface area contributed by atoms with E-state index in [0.29, 0.717) is 42.6 Å². The van der Waals surface area contributed by atoms with Crippen molar-refractivity contribution in [3.63, 3.8) is 0 Å². The maximum absolute atomic E-state index is 13.7. The van der Waals surface area contributed by atoms with Crippen molar-refractivity contribution in [2.45, 2.75) is 29.8 Å². The molecule has 0 fully saturated rings. The molecular weight excluding hydrogens is 499 g/mol. The average molecular weight is 525 g/mol. The normalized spacial score (nSPS) is 12.8. The summed E-state index contributed by atoms with van der Waals surface area (Å²) >= 11 is 0. The molecule has 1 N–H and O–H groups in total. The summed E-state index contributed by atoms with van der Waals surface area (Å²) in [5.74, 6) is 1.25. The molecule has 192 valence electrons. The van der Waals surface area contributed by atoms with Gasteiger partial charge in [0.25, 0.3) is 0 Å². The molecule has 1 aromatic heterocycles. The number of ether oxygens (including phenoxy) is 3. The summed E-state index contributed by atoms with van der Waals surface area (Å²) in [6.45, 7) is 3.53. The second kappa shape index (κ2) is 10.5. The Balaban J connectivity index is 1.50. The van der Waals surface area contributed by atoms with Crippen LogP contribution in [-0.2, 0) is 16.4 Å². The van der Waals surface area contributed by atoms with Gasteiger partial charge in [0, 0.05) is 18.2 Å². The van der Waals surface area contributed by atoms with Crippen LogP contribution in [0.25, 0.3) is 11.5 Å². The maximum Gasteiger partial charge on any atom is 0.234 e. The summed E-state index contributed by atoms with van der Waals surface area (Å²) in [5.41, 5.74) is 1.32. The molecule has 3 aromatic carbocycles. The lowest BCUT2D eigenvalue weighted by molar-refractivity contribution is 0.171. The lowest BCUT2D eigenvalue weighted by Crippen LogP contribution is -2.16. The number of hydrogen-bond donors (Lipinski definition) is 1. The van der Waals surface area contributed by atoms with Crippen molar-refractivity contribution in [1.29, 1.82) is 0 Å². The van der Waals surface area contributed by atoms with Gasteiger partial charge in [-0.25, -0.2) is 12.8 Å². The fourth-order valence-electron chi connectivity index (χ4n) is 3.72. The summed E-state index contributed by atoms with van der Waals surface area (Å²) in [5, 5.41) is 2.73. The monoisotopic (exact) mass is 524 g/mol. The van der Waals surface area contributed by atoms with Gasteiger partial charge in [0.1, 0.15) is 24.8 Å². The van der Waals surface area contributed by atoms with E-state index in [4.69, 9.17) is 18.6 Å². The predicted octanol–water partition coefficient (Wildman–Crippen LogP) is 5.49. The molecule has 5 rings (SSSR count). The van der Waals surface area contributed by atoms with E-state index in [9.17, 15) is 12.8 Å². The molecule has 0 amide bonds. The molecule has 1 aliphatic heterocycles. The lowest BCUT2D eigenvalue weighted by Gasteiger charge is -2.18. The lowest BCUT2D eigenvalue weighted by atomic mass is 10.2. The minimum Gasteiger partial charge on any atom is -0.494 e. The van der Waals surface area contributed by atoms with E-state index in [1.807, 2.05) is 6.92 Å². The van der Waals surface area contributed by atoms with E-state index in [-0.39, 0.29) is 34.1 Å². The molecule has 0 radical (unpaired) electrons. The number of anilines is 1. The van der Waals surface area contributed by atoms with Crippen molar-refractivity contribution in [2.75, 3.05) is 25.1 Å². The first kappa shape index (κ1) is 24.6. The molecule has 2 heterocycles. The largest absolute Gasteiger partial charge is 0.494 e. The molecule has 1 aliphatic rings. The number of aromatic nitrogens is 1. The molecule has 8 nitrogen and oxygen atoms in total. The number of rotatable bonds is 9. The van der Waals surface area contributed by atoms with Gasteiger partial charge in [-0.05, 0) is 60.5 Å². The quantitative estimate of drug-likeness (QED) is 0.307. The Morgan fingerprint density at radius 1 is 0.973 bits per heavy atom. The van der Waals surface area contributed by atoms with Crippen LogP contribution in [0, 0.1) is 5.82 Å². The van der Waals surface area contributed by atoms with Crippen molar-refractivity contribution in [3.05, 3.63) is 78.1 Å². The van der Waals surface area contributed by atoms with E-state index in [0.717, 1.165) is 12.0 Å². The van der Waals surface area contributed by atoms with E-state index in [1.165, 1.54) is 24.3 Å². The van der Waals surface area contributed by atoms with Crippen molar-refractivity contribution in [2.24, 2.45) is 0 Å². The molecule has 4 aromatic rings. The van der Waals surface area contributed by atoms with Gasteiger partial charge in [-0.15, -0.1) is 0 Å². The van der Waals surface area contributed by atoms with Crippen LogP contribution in [0.4, 0.5) is 10.3 Å². The Kier molecular flexibility index (Phi) is 7.00. The first-order chi connectivity index (χ1) is 17.9. The highest BCUT2D eigenvalue weighted by atomic mass is 32.2. The van der Waals surface area contributed by atoms with Gasteiger partial charge in [0.15, 0.2) is 11.5 Å². The van der Waals surface area contributed by atoms with E-state index in [1.54, 1.807) is 42.5 Å². The summed E-state index contributed by atoms with van der Waals surface area (Å²) in [7, 11) is -4.11. The average Bonchev–Trinajstić information content (AvgIpc) is 3.37. The molecule has 0 saturated heterocycles. The molecule has 0 saturated carbocycles. The van der Waals surface area contributed by atoms with Gasteiger partial charge < -0.3 is 23.9 Å². The van der Waals surface area contributed by atoms with Crippen LogP contribution in [0.15, 0.2) is 81.1 Å². The minimum absolute atomic E-state index is 0.00949. The summed E-state index contributed by atoms with van der Waals surface area (Å²) in [6, 6.07) is 17.3. The highest BCUT2D eigenvalue weighted by Gasteiger charge is 2.30. The predicted molar refractivity (Wildman–Crippen MR) is 134 cm³/mol. The molecule has 0 atom stereocenters. The van der Waals surface area contributed by atoms with Crippen LogP contribution >= 0.6 is 0 Å². The number of hydrogen-bond acceptors (Lipinski definition) is 8. The molecule has 10 heteroatoms. The van der Waals surface area contributed by atoms with Crippen LogP contribution < -0.4 is 19.5 Å². The van der Waals surface area contributed by atoms with Crippen molar-refractivity contribution in [3.8, 4) is 28.7 Å². The number of benzene rings is 3. The van der Waals surface area contributed by atoms with Gasteiger partial charge >= 0.3 is 0 Å². The van der Waals surface area contributed by atoms with Gasteiger partial charge in [-0.1, -0.05) is 19.1 Å². The maximum atomic E-state index is 13.7. The SMILES string of the molecule is CCCOc1ccc(-c2nc(S(=O)(=O)c3ccc4c(c3)OCCO4)c(NCc3ccc(F)cc3)o2)cc1. The van der Waals surface area contributed by atoms with E-state index in [2.05, 4.69) is 10.3 Å². The molecule has 0 aliphatic carbocycles. The zero-order valence-corrected chi connectivity index (χ0v) is 20.9. The fourth-order valence-corrected chi connectivity index (χ4v) is 5.02. The van der Waals surface area contributed by atoms with E-state index >= 15 is 0 Å². The van der Waals surface area contributed by atoms with Gasteiger partial charge in [0.05, 0.1) is 11.5 Å². The van der Waals surface area contributed by atoms with Gasteiger partial charge in [-0.3, -0.25) is 0 Å². The minimum atomic E-state index is -4.11. The van der Waals surface area contributed by atoms with Crippen LogP contribution in [0.1, 0.15) is 18.9 Å². The number of nitrogens with zero attached hydrogens (tertiary/aromatic N) is 1. The number of halogens is 1. The Morgan fingerprint density at radius 3 is 2.43 bits per heavy atom. The topological polar surface area (TPSA) is 99.9 Å². The second-order valence-electron chi connectivity index (χ2n) is 8.32. The Morgan fingerprint density at radius 2 is 1.70 bits per heavy atom. The number of oxazole rings is 1. The Labute approximate surface area is 213 Å². The molecule has 0 unspecified atom stereocenters. The first-order valence-electron chi connectivity index (χ1n) is 11.8. The van der Waals surface area contributed by atoms with Crippen LogP contribution in [0.2, 0.25) is 0 Å². The number of nitrogens with one attached hydrogen (secondary N) is 1. The van der Waals surface area contributed by atoms with Crippen LogP contribution in [0.5, 0.6) is 17.2 Å². The van der Waals surface area contributed by atoms with E-state index < -0.39 is 9.84 Å². The number of sulfone groups is 1. The Hall–Kier alpha value is -4.05. The third-order valence-corrected chi connectivity index (χ3v) is 7.28. The Bertz CT molecular complexity index is 1480. The summed E-state index contributed by atoms with van der Waals surface area (Å²) < 4.78 is 63.3. The second-order valence-corrected chi connectivity index (χ2v) is 10.2. The molecule has 0 spiro atoms. The zero-order chi connectivity index (χ0) is 25.8. The first-order valence-corrected chi connectivity index (χ1v) is 13.3. The molecule has 37 heavy (non-hydrogen) atoms. The highest BCUT2D eigenvalue weighted by molar-refractivity contribution is 7.91. The summed E-state index contributed by atoms with van der Waals surface area (Å²) in [4.78, 5) is 4.36. The smallest absolute Gasteiger partial charge is 0.234 e. The third kappa shape index (κ3) is 5.39. The van der Waals surface area contributed by atoms with Crippen molar-refractivity contribution >= 4 is 15.7 Å². The highest BCUT2D eigenvalue weighted by Crippen LogP contribution is 2.37.